The van der Waals surface area contributed by atoms with Crippen LogP contribution in [0.1, 0.15) is 34.7 Å². The van der Waals surface area contributed by atoms with Gasteiger partial charge in [0.2, 0.25) is 10.0 Å². The normalized spacial score (nSPS) is 18.7. The minimum Gasteiger partial charge on any atom is -0.392 e. The number of aliphatic hydroxyl groups excluding tert-OH is 1. The maximum Gasteiger partial charge on any atom is 0.255 e. The quantitative estimate of drug-likeness (QED) is 0.836. The number of nitrogens with one attached hydrogen (secondary N) is 1. The number of β-amino-alcohol motifs (C(OH)–C–C–N with tert-alkyl or cyclic N) is 1. The third-order valence-corrected chi connectivity index (χ3v) is 6.23. The van der Waals surface area contributed by atoms with Gasteiger partial charge in [0.15, 0.2) is 5.76 Å². The molecule has 2 aromatic rings. The third kappa shape index (κ3) is 3.64. The molecule has 1 aliphatic heterocycles. The van der Waals surface area contributed by atoms with Gasteiger partial charge >= 0.3 is 0 Å². The molecule has 1 aromatic heterocycles. The Bertz CT molecular complexity index is 903. The summed E-state index contributed by atoms with van der Waals surface area (Å²) in [6, 6.07) is 5.85. The van der Waals surface area contributed by atoms with Crippen molar-refractivity contribution >= 4 is 21.6 Å². The second-order valence-corrected chi connectivity index (χ2v) is 8.28. The van der Waals surface area contributed by atoms with E-state index in [2.05, 4.69) is 10.5 Å². The number of anilines is 1. The zero-order valence-corrected chi connectivity index (χ0v) is 15.4. The number of aryl methyl sites for hydroxylation is 2. The molecule has 140 valence electrons. The first-order chi connectivity index (χ1) is 12.3. The number of hydrogen-bond donors (Lipinski definition) is 2. The van der Waals surface area contributed by atoms with E-state index in [4.69, 9.17) is 4.52 Å². The van der Waals surface area contributed by atoms with Crippen LogP contribution < -0.4 is 5.32 Å². The van der Waals surface area contributed by atoms with Crippen molar-refractivity contribution in [3.63, 3.8) is 0 Å². The minimum absolute atomic E-state index is 0.0259. The van der Waals surface area contributed by atoms with E-state index >= 15 is 0 Å². The van der Waals surface area contributed by atoms with Crippen LogP contribution in [0.5, 0.6) is 0 Å². The largest absolute Gasteiger partial charge is 0.392 e. The van der Waals surface area contributed by atoms with Crippen LogP contribution >= 0.6 is 0 Å². The Morgan fingerprint density at radius 1 is 1.38 bits per heavy atom. The molecule has 0 spiro atoms. The fourth-order valence-electron chi connectivity index (χ4n) is 2.93. The van der Waals surface area contributed by atoms with Gasteiger partial charge in [-0.2, -0.15) is 4.31 Å². The molecule has 8 nitrogen and oxygen atoms in total. The highest BCUT2D eigenvalue weighted by atomic mass is 32.2. The highest BCUT2D eigenvalue weighted by Gasteiger charge is 2.30. The van der Waals surface area contributed by atoms with Crippen LogP contribution in [0.15, 0.2) is 33.7 Å². The number of carbonyl (C=O) groups excluding carboxylic acids is 1. The van der Waals surface area contributed by atoms with Gasteiger partial charge in [0.05, 0.1) is 11.0 Å². The zero-order chi connectivity index (χ0) is 18.9. The summed E-state index contributed by atoms with van der Waals surface area (Å²) in [5.74, 6) is 0.0251. The van der Waals surface area contributed by atoms with Crippen molar-refractivity contribution in [1.29, 1.82) is 0 Å². The lowest BCUT2D eigenvalue weighted by Crippen LogP contribution is -2.42. The van der Waals surface area contributed by atoms with Crippen molar-refractivity contribution in [2.45, 2.75) is 37.7 Å². The molecule has 1 saturated heterocycles. The monoisotopic (exact) mass is 379 g/mol. The third-order valence-electron chi connectivity index (χ3n) is 4.37. The summed E-state index contributed by atoms with van der Waals surface area (Å²) in [5, 5.41) is 16.2. The van der Waals surface area contributed by atoms with Gasteiger partial charge in [0, 0.05) is 18.7 Å². The van der Waals surface area contributed by atoms with Crippen LogP contribution in [-0.2, 0) is 10.0 Å². The van der Waals surface area contributed by atoms with E-state index in [-0.39, 0.29) is 17.0 Å². The number of hydrogen-bond acceptors (Lipinski definition) is 6. The van der Waals surface area contributed by atoms with Crippen LogP contribution in [0.4, 0.5) is 5.69 Å². The highest BCUT2D eigenvalue weighted by molar-refractivity contribution is 7.89. The van der Waals surface area contributed by atoms with E-state index in [0.29, 0.717) is 36.5 Å². The van der Waals surface area contributed by atoms with Gasteiger partial charge in [-0.05, 0) is 44.9 Å². The van der Waals surface area contributed by atoms with E-state index in [1.54, 1.807) is 13.8 Å². The predicted octanol–water partition coefficient (Wildman–Crippen LogP) is 1.69. The number of carbonyl (C=O) groups is 1. The Kier molecular flexibility index (Phi) is 5.12. The Labute approximate surface area is 151 Å². The molecule has 0 bridgehead atoms. The molecular formula is C17H21N3O5S. The number of rotatable bonds is 4. The molecule has 2 heterocycles. The SMILES string of the molecule is Cc1noc(C)c1NC(=O)c1cccc(S(=O)(=O)N2CCC[C@@H](O)C2)c1. The zero-order valence-electron chi connectivity index (χ0n) is 14.6. The summed E-state index contributed by atoms with van der Waals surface area (Å²) in [6.07, 6.45) is 0.531. The number of aliphatic hydroxyl groups is 1. The number of nitrogens with zero attached hydrogens (tertiary/aromatic N) is 2. The van der Waals surface area contributed by atoms with Crippen molar-refractivity contribution in [2.24, 2.45) is 0 Å². The summed E-state index contributed by atoms with van der Waals surface area (Å²) >= 11 is 0. The maximum absolute atomic E-state index is 12.8. The molecule has 2 N–H and O–H groups in total. The summed E-state index contributed by atoms with van der Waals surface area (Å²) < 4.78 is 31.8. The maximum atomic E-state index is 12.8. The molecule has 0 saturated carbocycles. The molecule has 1 amide bonds. The van der Waals surface area contributed by atoms with Crippen LogP contribution in [0, 0.1) is 13.8 Å². The summed E-state index contributed by atoms with van der Waals surface area (Å²) in [4.78, 5) is 12.5. The predicted molar refractivity (Wildman–Crippen MR) is 94.4 cm³/mol. The molecule has 0 radical (unpaired) electrons. The molecule has 0 aliphatic carbocycles. The first-order valence-electron chi connectivity index (χ1n) is 8.31. The van der Waals surface area contributed by atoms with E-state index in [0.717, 1.165) is 0 Å². The van der Waals surface area contributed by atoms with Crippen molar-refractivity contribution in [3.05, 3.63) is 41.3 Å². The molecule has 0 unspecified atom stereocenters. The van der Waals surface area contributed by atoms with Crippen LogP contribution in [0.2, 0.25) is 0 Å². The van der Waals surface area contributed by atoms with E-state index in [1.165, 1.54) is 28.6 Å². The van der Waals surface area contributed by atoms with Crippen molar-refractivity contribution < 1.29 is 22.8 Å². The lowest BCUT2D eigenvalue weighted by Gasteiger charge is -2.29. The van der Waals surface area contributed by atoms with Crippen LogP contribution in [0.3, 0.4) is 0 Å². The highest BCUT2D eigenvalue weighted by Crippen LogP contribution is 2.23. The summed E-state index contributed by atoms with van der Waals surface area (Å²) in [6.45, 7) is 3.81. The van der Waals surface area contributed by atoms with Gasteiger partial charge in [0.25, 0.3) is 5.91 Å². The van der Waals surface area contributed by atoms with E-state index < -0.39 is 22.0 Å². The van der Waals surface area contributed by atoms with Gasteiger partial charge < -0.3 is 14.9 Å². The van der Waals surface area contributed by atoms with Gasteiger partial charge in [-0.25, -0.2) is 8.42 Å². The summed E-state index contributed by atoms with van der Waals surface area (Å²) in [5.41, 5.74) is 1.23. The number of sulfonamides is 1. The molecule has 3 rings (SSSR count). The Morgan fingerprint density at radius 2 is 2.15 bits per heavy atom. The average Bonchev–Trinajstić information content (AvgIpc) is 2.94. The molecular weight excluding hydrogens is 358 g/mol. The molecule has 1 aliphatic rings. The van der Waals surface area contributed by atoms with E-state index in [1.807, 2.05) is 0 Å². The topological polar surface area (TPSA) is 113 Å². The number of amides is 1. The Morgan fingerprint density at radius 3 is 2.81 bits per heavy atom. The molecule has 1 aromatic carbocycles. The smallest absolute Gasteiger partial charge is 0.255 e. The standard InChI is InChI=1S/C17H21N3O5S/c1-11-16(12(2)25-19-11)18-17(22)13-5-3-7-15(9-13)26(23,24)20-8-4-6-14(21)10-20/h3,5,7,9,14,21H,4,6,8,10H2,1-2H3,(H,18,22)/t14-/m1/s1. The first-order valence-corrected chi connectivity index (χ1v) is 9.75. The van der Waals surface area contributed by atoms with Crippen molar-refractivity contribution in [1.82, 2.24) is 9.46 Å². The molecule has 26 heavy (non-hydrogen) atoms. The lowest BCUT2D eigenvalue weighted by atomic mass is 10.1. The Hall–Kier alpha value is -2.23. The van der Waals surface area contributed by atoms with Gasteiger partial charge in [-0.15, -0.1) is 0 Å². The van der Waals surface area contributed by atoms with Crippen molar-refractivity contribution in [3.8, 4) is 0 Å². The molecule has 1 fully saturated rings. The fraction of sp³-hybridized carbons (Fsp3) is 0.412. The number of benzene rings is 1. The second-order valence-electron chi connectivity index (χ2n) is 6.34. The average molecular weight is 379 g/mol. The van der Waals surface area contributed by atoms with Gasteiger partial charge in [-0.3, -0.25) is 4.79 Å². The Balaban J connectivity index is 1.84. The summed E-state index contributed by atoms with van der Waals surface area (Å²) in [7, 11) is -3.77. The number of piperidine rings is 1. The first kappa shape index (κ1) is 18.6. The minimum atomic E-state index is -3.77. The second kappa shape index (κ2) is 7.18. The van der Waals surface area contributed by atoms with Crippen LogP contribution in [-0.4, -0.2) is 48.1 Å². The molecule has 9 heteroatoms. The van der Waals surface area contributed by atoms with E-state index in [9.17, 15) is 18.3 Å². The van der Waals surface area contributed by atoms with Crippen molar-refractivity contribution in [2.75, 3.05) is 18.4 Å². The van der Waals surface area contributed by atoms with Gasteiger partial charge in [0.1, 0.15) is 11.4 Å². The lowest BCUT2D eigenvalue weighted by molar-refractivity contribution is 0.102. The molecule has 1 atom stereocenters. The van der Waals surface area contributed by atoms with Crippen LogP contribution in [0.25, 0.3) is 0 Å². The van der Waals surface area contributed by atoms with Gasteiger partial charge in [-0.1, -0.05) is 11.2 Å². The fourth-order valence-corrected chi connectivity index (χ4v) is 4.50. The number of aromatic nitrogens is 1.